The summed E-state index contributed by atoms with van der Waals surface area (Å²) in [7, 11) is 0. The van der Waals surface area contributed by atoms with Gasteiger partial charge in [0.15, 0.2) is 12.4 Å². The van der Waals surface area contributed by atoms with E-state index in [4.69, 9.17) is 32.5 Å². The first-order valence-corrected chi connectivity index (χ1v) is 8.55. The van der Waals surface area contributed by atoms with Crippen molar-refractivity contribution < 1.29 is 13.7 Å². The second-order valence-corrected chi connectivity index (χ2v) is 6.36. The lowest BCUT2D eigenvalue weighted by atomic mass is 10.2. The van der Waals surface area contributed by atoms with Gasteiger partial charge in [-0.2, -0.15) is 10.1 Å². The van der Waals surface area contributed by atoms with Gasteiger partial charge >= 0.3 is 0 Å². The highest BCUT2D eigenvalue weighted by Crippen LogP contribution is 2.28. The van der Waals surface area contributed by atoms with Crippen LogP contribution in [-0.2, 0) is 6.73 Å². The molecule has 0 bridgehead atoms. The van der Waals surface area contributed by atoms with Gasteiger partial charge in [-0.25, -0.2) is 9.07 Å². The van der Waals surface area contributed by atoms with E-state index in [1.54, 1.807) is 47.3 Å². The van der Waals surface area contributed by atoms with Crippen LogP contribution in [0.5, 0.6) is 5.75 Å². The van der Waals surface area contributed by atoms with Crippen LogP contribution in [0.1, 0.15) is 0 Å². The van der Waals surface area contributed by atoms with Gasteiger partial charge in [-0.3, -0.25) is 0 Å². The van der Waals surface area contributed by atoms with Crippen molar-refractivity contribution in [2.24, 2.45) is 0 Å². The summed E-state index contributed by atoms with van der Waals surface area (Å²) in [5, 5.41) is 9.17. The predicted molar refractivity (Wildman–Crippen MR) is 98.0 cm³/mol. The average molecular weight is 405 g/mol. The summed E-state index contributed by atoms with van der Waals surface area (Å²) in [5.74, 6) is 0.762. The molecule has 0 aliphatic rings. The van der Waals surface area contributed by atoms with Crippen molar-refractivity contribution in [1.29, 1.82) is 0 Å². The second kappa shape index (κ2) is 7.38. The molecule has 0 atom stereocenters. The molecule has 0 saturated heterocycles. The lowest BCUT2D eigenvalue weighted by Gasteiger charge is -2.07. The fourth-order valence-corrected chi connectivity index (χ4v) is 2.78. The zero-order chi connectivity index (χ0) is 18.8. The molecule has 0 fully saturated rings. The minimum Gasteiger partial charge on any atom is -0.470 e. The van der Waals surface area contributed by atoms with E-state index in [9.17, 15) is 4.39 Å². The predicted octanol–water partition coefficient (Wildman–Crippen LogP) is 5.08. The Hall–Kier alpha value is -2.90. The first kappa shape index (κ1) is 17.5. The molecule has 0 unspecified atom stereocenters. The molecule has 6 nitrogen and oxygen atoms in total. The van der Waals surface area contributed by atoms with E-state index >= 15 is 0 Å². The fourth-order valence-electron chi connectivity index (χ4n) is 2.32. The third kappa shape index (κ3) is 3.94. The minimum absolute atomic E-state index is 0.139. The second-order valence-electron chi connectivity index (χ2n) is 5.52. The van der Waals surface area contributed by atoms with Gasteiger partial charge in [0.2, 0.25) is 5.82 Å². The highest BCUT2D eigenvalue weighted by molar-refractivity contribution is 6.35. The van der Waals surface area contributed by atoms with Gasteiger partial charge in [0.05, 0.1) is 5.02 Å². The van der Waals surface area contributed by atoms with Crippen LogP contribution in [0.15, 0.2) is 59.3 Å². The molecule has 2 aromatic heterocycles. The maximum Gasteiger partial charge on any atom is 0.278 e. The van der Waals surface area contributed by atoms with Crippen molar-refractivity contribution in [3.8, 4) is 28.7 Å². The van der Waals surface area contributed by atoms with Crippen LogP contribution >= 0.6 is 23.2 Å². The lowest BCUT2D eigenvalue weighted by Crippen LogP contribution is -2.06. The van der Waals surface area contributed by atoms with Gasteiger partial charge in [-0.1, -0.05) is 28.4 Å². The number of aromatic nitrogens is 4. The molecule has 0 aliphatic carbocycles. The summed E-state index contributed by atoms with van der Waals surface area (Å²) in [4.78, 5) is 4.28. The molecule has 0 spiro atoms. The number of nitrogens with zero attached hydrogens (tertiary/aromatic N) is 4. The number of hydrogen-bond donors (Lipinski definition) is 0. The van der Waals surface area contributed by atoms with Crippen molar-refractivity contribution in [2.75, 3.05) is 0 Å². The number of hydrogen-bond acceptors (Lipinski definition) is 5. The van der Waals surface area contributed by atoms with E-state index in [0.29, 0.717) is 32.9 Å². The third-order valence-electron chi connectivity index (χ3n) is 3.63. The summed E-state index contributed by atoms with van der Waals surface area (Å²) in [6, 6.07) is 12.5. The van der Waals surface area contributed by atoms with Gasteiger partial charge in [0.1, 0.15) is 11.6 Å². The van der Waals surface area contributed by atoms with Crippen LogP contribution in [0.3, 0.4) is 0 Å². The standard InChI is InChI=1S/C18H11Cl2FN4O2/c19-12-3-6-16(14(20)9-12)26-10-25-8-7-15(23-25)18-22-17(24-27-18)11-1-4-13(21)5-2-11/h1-9H,10H2. The number of benzene rings is 2. The zero-order valence-corrected chi connectivity index (χ0v) is 15.2. The van der Waals surface area contributed by atoms with Gasteiger partial charge < -0.3 is 9.26 Å². The number of ether oxygens (including phenoxy) is 1. The molecule has 0 saturated carbocycles. The fraction of sp³-hybridized carbons (Fsp3) is 0.0556. The Balaban J connectivity index is 1.47. The van der Waals surface area contributed by atoms with Gasteiger partial charge in [-0.15, -0.1) is 0 Å². The van der Waals surface area contributed by atoms with E-state index < -0.39 is 0 Å². The SMILES string of the molecule is Fc1ccc(-c2noc(-c3ccn(COc4ccc(Cl)cc4Cl)n3)n2)cc1. The third-order valence-corrected chi connectivity index (χ3v) is 4.16. The Morgan fingerprint density at radius 1 is 1.07 bits per heavy atom. The van der Waals surface area contributed by atoms with Gasteiger partial charge in [0.25, 0.3) is 5.89 Å². The highest BCUT2D eigenvalue weighted by atomic mass is 35.5. The summed E-state index contributed by atoms with van der Waals surface area (Å²) >= 11 is 11.9. The molecule has 2 aromatic carbocycles. The van der Waals surface area contributed by atoms with E-state index in [-0.39, 0.29) is 18.4 Å². The number of halogens is 3. The summed E-state index contributed by atoms with van der Waals surface area (Å²) in [6.07, 6.45) is 1.71. The highest BCUT2D eigenvalue weighted by Gasteiger charge is 2.13. The summed E-state index contributed by atoms with van der Waals surface area (Å²) < 4.78 is 25.4. The Labute approximate surface area is 163 Å². The van der Waals surface area contributed by atoms with Crippen LogP contribution in [0.4, 0.5) is 4.39 Å². The van der Waals surface area contributed by atoms with E-state index in [1.165, 1.54) is 12.1 Å². The molecule has 27 heavy (non-hydrogen) atoms. The maximum atomic E-state index is 13.0. The molecule has 4 rings (SSSR count). The van der Waals surface area contributed by atoms with Crippen LogP contribution in [-0.4, -0.2) is 19.9 Å². The van der Waals surface area contributed by atoms with Crippen LogP contribution in [0, 0.1) is 5.82 Å². The number of rotatable bonds is 5. The molecule has 136 valence electrons. The summed E-state index contributed by atoms with van der Waals surface area (Å²) in [5.41, 5.74) is 1.13. The Morgan fingerprint density at radius 2 is 1.89 bits per heavy atom. The Bertz CT molecular complexity index is 1080. The first-order valence-electron chi connectivity index (χ1n) is 7.80. The van der Waals surface area contributed by atoms with Crippen molar-refractivity contribution in [3.63, 3.8) is 0 Å². The smallest absolute Gasteiger partial charge is 0.278 e. The quantitative estimate of drug-likeness (QED) is 0.463. The van der Waals surface area contributed by atoms with Crippen LogP contribution in [0.25, 0.3) is 23.0 Å². The Kier molecular flexibility index (Phi) is 4.79. The van der Waals surface area contributed by atoms with Crippen molar-refractivity contribution in [2.45, 2.75) is 6.73 Å². The van der Waals surface area contributed by atoms with Crippen molar-refractivity contribution in [3.05, 3.63) is 70.6 Å². The minimum atomic E-state index is -0.331. The monoisotopic (exact) mass is 404 g/mol. The molecule has 4 aromatic rings. The molecule has 0 radical (unpaired) electrons. The first-order chi connectivity index (χ1) is 13.1. The van der Waals surface area contributed by atoms with E-state index in [1.807, 2.05) is 0 Å². The van der Waals surface area contributed by atoms with Crippen molar-refractivity contribution >= 4 is 23.2 Å². The van der Waals surface area contributed by atoms with Crippen molar-refractivity contribution in [1.82, 2.24) is 19.9 Å². The maximum absolute atomic E-state index is 13.0. The lowest BCUT2D eigenvalue weighted by molar-refractivity contribution is 0.221. The molecule has 9 heteroatoms. The normalized spacial score (nSPS) is 10.9. The van der Waals surface area contributed by atoms with E-state index in [2.05, 4.69) is 15.2 Å². The Morgan fingerprint density at radius 3 is 2.67 bits per heavy atom. The molecule has 0 amide bonds. The van der Waals surface area contributed by atoms with Gasteiger partial charge in [0, 0.05) is 16.8 Å². The molecule has 0 aliphatic heterocycles. The van der Waals surface area contributed by atoms with Crippen LogP contribution < -0.4 is 4.74 Å². The van der Waals surface area contributed by atoms with Crippen LogP contribution in [0.2, 0.25) is 10.0 Å². The average Bonchev–Trinajstić information content (AvgIpc) is 3.31. The largest absolute Gasteiger partial charge is 0.470 e. The summed E-state index contributed by atoms with van der Waals surface area (Å²) in [6.45, 7) is 0.139. The molecule has 0 N–H and O–H groups in total. The molecule has 2 heterocycles. The topological polar surface area (TPSA) is 66.0 Å². The van der Waals surface area contributed by atoms with E-state index in [0.717, 1.165) is 0 Å². The zero-order valence-electron chi connectivity index (χ0n) is 13.6. The molecular weight excluding hydrogens is 394 g/mol. The molecular formula is C18H11Cl2FN4O2. The van der Waals surface area contributed by atoms with Gasteiger partial charge in [-0.05, 0) is 48.5 Å².